The molecule has 29 heavy (non-hydrogen) atoms. The van der Waals surface area contributed by atoms with Gasteiger partial charge in [-0.05, 0) is 38.1 Å². The van der Waals surface area contributed by atoms with Crippen LogP contribution in [0.5, 0.6) is 0 Å². The van der Waals surface area contributed by atoms with Gasteiger partial charge in [-0.15, -0.1) is 0 Å². The number of carbonyl (C=O) groups excluding carboxylic acids is 1. The molecule has 0 radical (unpaired) electrons. The monoisotopic (exact) mass is 413 g/mol. The average molecular weight is 414 g/mol. The van der Waals surface area contributed by atoms with E-state index in [9.17, 15) is 9.18 Å². The zero-order chi connectivity index (χ0) is 20.5. The van der Waals surface area contributed by atoms with E-state index in [1.165, 1.54) is 6.07 Å². The summed E-state index contributed by atoms with van der Waals surface area (Å²) in [4.78, 5) is 13.9. The van der Waals surface area contributed by atoms with E-state index in [2.05, 4.69) is 10.4 Å². The van der Waals surface area contributed by atoms with Crippen LogP contribution in [-0.4, -0.2) is 28.8 Å². The molecule has 1 saturated heterocycles. The van der Waals surface area contributed by atoms with Crippen LogP contribution >= 0.6 is 11.6 Å². The normalized spacial score (nSPS) is 19.2. The van der Waals surface area contributed by atoms with Gasteiger partial charge in [0.1, 0.15) is 12.4 Å². The molecule has 0 spiro atoms. The molecule has 7 heteroatoms. The second-order valence-electron chi connectivity index (χ2n) is 7.34. The molecule has 150 valence electrons. The molecule has 1 aromatic heterocycles. The lowest BCUT2D eigenvalue weighted by Gasteiger charge is -2.32. The highest BCUT2D eigenvalue weighted by atomic mass is 35.5. The van der Waals surface area contributed by atoms with Crippen LogP contribution in [0.15, 0.2) is 48.5 Å². The van der Waals surface area contributed by atoms with Gasteiger partial charge in [0.25, 0.3) is 5.91 Å². The third kappa shape index (κ3) is 3.66. The van der Waals surface area contributed by atoms with Crippen LogP contribution < -0.4 is 10.2 Å². The molecule has 0 aliphatic carbocycles. The van der Waals surface area contributed by atoms with E-state index in [0.717, 1.165) is 27.5 Å². The molecule has 3 aromatic rings. The molecule has 1 aliphatic rings. The Morgan fingerprint density at radius 1 is 1.21 bits per heavy atom. The van der Waals surface area contributed by atoms with Crippen molar-refractivity contribution in [3.8, 4) is 5.69 Å². The minimum atomic E-state index is -0.475. The number of nitrogens with one attached hydrogen (secondary N) is 2. The maximum Gasteiger partial charge on any atom is 0.283 e. The Balaban J connectivity index is 1.75. The van der Waals surface area contributed by atoms with Crippen molar-refractivity contribution in [2.24, 2.45) is 0 Å². The van der Waals surface area contributed by atoms with Crippen molar-refractivity contribution in [3.05, 3.63) is 81.9 Å². The molecule has 1 amide bonds. The van der Waals surface area contributed by atoms with Gasteiger partial charge in [0.15, 0.2) is 6.04 Å². The SMILES string of the molecule is Cc1nn(-c2ccccc2)c(C)c1[C@@H]1C(=O)NCC[NH+]1Cc1c(F)cccc1Cl. The first-order chi connectivity index (χ1) is 14.0. The molecular formula is C22H23ClFN4O+. The van der Waals surface area contributed by atoms with Crippen molar-refractivity contribution in [2.75, 3.05) is 13.1 Å². The third-order valence-electron chi connectivity index (χ3n) is 5.52. The quantitative estimate of drug-likeness (QED) is 0.690. The van der Waals surface area contributed by atoms with E-state index in [1.54, 1.807) is 12.1 Å². The van der Waals surface area contributed by atoms with E-state index >= 15 is 0 Å². The highest BCUT2D eigenvalue weighted by molar-refractivity contribution is 6.31. The van der Waals surface area contributed by atoms with Gasteiger partial charge in [0.05, 0.1) is 46.3 Å². The smallest absolute Gasteiger partial charge is 0.283 e. The minimum Gasteiger partial charge on any atom is -0.345 e. The van der Waals surface area contributed by atoms with Gasteiger partial charge in [0, 0.05) is 0 Å². The zero-order valence-electron chi connectivity index (χ0n) is 16.4. The largest absolute Gasteiger partial charge is 0.345 e. The summed E-state index contributed by atoms with van der Waals surface area (Å²) in [6, 6.07) is 14.0. The van der Waals surface area contributed by atoms with Gasteiger partial charge in [-0.3, -0.25) is 4.79 Å². The number of amides is 1. The first-order valence-electron chi connectivity index (χ1n) is 9.64. The molecule has 2 atom stereocenters. The van der Waals surface area contributed by atoms with Crippen molar-refractivity contribution >= 4 is 17.5 Å². The summed E-state index contributed by atoms with van der Waals surface area (Å²) in [6.45, 7) is 5.44. The molecule has 2 N–H and O–H groups in total. The molecule has 2 heterocycles. The number of nitrogens with zero attached hydrogens (tertiary/aromatic N) is 2. The summed E-state index contributed by atoms with van der Waals surface area (Å²) in [7, 11) is 0. The molecule has 1 unspecified atom stereocenters. The van der Waals surface area contributed by atoms with Crippen LogP contribution in [0, 0.1) is 19.7 Å². The highest BCUT2D eigenvalue weighted by Gasteiger charge is 2.39. The Morgan fingerprint density at radius 3 is 2.69 bits per heavy atom. The van der Waals surface area contributed by atoms with Crippen molar-refractivity contribution in [1.82, 2.24) is 15.1 Å². The number of aryl methyl sites for hydroxylation is 1. The van der Waals surface area contributed by atoms with E-state index in [1.807, 2.05) is 48.9 Å². The summed E-state index contributed by atoms with van der Waals surface area (Å²) < 4.78 is 16.3. The first-order valence-corrected chi connectivity index (χ1v) is 10.0. The fourth-order valence-electron chi connectivity index (χ4n) is 4.13. The second-order valence-corrected chi connectivity index (χ2v) is 7.75. The fraction of sp³-hybridized carbons (Fsp3) is 0.273. The number of carbonyl (C=O) groups is 1. The number of aromatic nitrogens is 2. The number of benzene rings is 2. The molecular weight excluding hydrogens is 391 g/mol. The third-order valence-corrected chi connectivity index (χ3v) is 5.87. The lowest BCUT2D eigenvalue weighted by molar-refractivity contribution is -0.937. The lowest BCUT2D eigenvalue weighted by atomic mass is 9.99. The van der Waals surface area contributed by atoms with Crippen molar-refractivity contribution in [2.45, 2.75) is 26.4 Å². The van der Waals surface area contributed by atoms with Gasteiger partial charge in [-0.25, -0.2) is 9.07 Å². The Bertz CT molecular complexity index is 1030. The average Bonchev–Trinajstić information content (AvgIpc) is 3.00. The van der Waals surface area contributed by atoms with Crippen LogP contribution in [0.25, 0.3) is 5.69 Å². The van der Waals surface area contributed by atoms with Crippen LogP contribution in [0.3, 0.4) is 0 Å². The van der Waals surface area contributed by atoms with Crippen LogP contribution in [-0.2, 0) is 11.3 Å². The second kappa shape index (κ2) is 7.97. The summed E-state index contributed by atoms with van der Waals surface area (Å²) in [5.41, 5.74) is 3.97. The molecule has 5 nitrogen and oxygen atoms in total. The van der Waals surface area contributed by atoms with Gasteiger partial charge < -0.3 is 10.2 Å². The summed E-state index contributed by atoms with van der Waals surface area (Å²) >= 11 is 6.26. The number of rotatable bonds is 4. The Labute approximate surface area is 174 Å². The van der Waals surface area contributed by atoms with E-state index < -0.39 is 6.04 Å². The number of piperazine rings is 1. The lowest BCUT2D eigenvalue weighted by Crippen LogP contribution is -3.14. The fourth-order valence-corrected chi connectivity index (χ4v) is 4.35. The number of hydrogen-bond acceptors (Lipinski definition) is 2. The topological polar surface area (TPSA) is 51.4 Å². The predicted molar refractivity (Wildman–Crippen MR) is 110 cm³/mol. The van der Waals surface area contributed by atoms with Crippen LogP contribution in [0.1, 0.15) is 28.6 Å². The molecule has 2 aromatic carbocycles. The zero-order valence-corrected chi connectivity index (χ0v) is 17.1. The molecule has 4 rings (SSSR count). The summed E-state index contributed by atoms with van der Waals surface area (Å²) in [5.74, 6) is -0.416. The maximum absolute atomic E-state index is 14.4. The number of hydrogen-bond donors (Lipinski definition) is 2. The molecule has 0 saturated carbocycles. The van der Waals surface area contributed by atoms with Gasteiger partial charge >= 0.3 is 0 Å². The standard InChI is InChI=1S/C22H22ClFN4O/c1-14-20(15(2)28(26-14)16-7-4-3-5-8-16)21-22(29)25-11-12-27(21)13-17-18(23)9-6-10-19(17)24/h3-10,21H,11-13H2,1-2H3,(H,25,29)/p+1/t21-/m1/s1. The number of halogens is 2. The maximum atomic E-state index is 14.4. The van der Waals surface area contributed by atoms with E-state index in [0.29, 0.717) is 30.2 Å². The summed E-state index contributed by atoms with van der Waals surface area (Å²) in [5, 5.41) is 8.03. The number of para-hydroxylation sites is 1. The van der Waals surface area contributed by atoms with E-state index in [-0.39, 0.29) is 11.7 Å². The van der Waals surface area contributed by atoms with E-state index in [4.69, 9.17) is 11.6 Å². The van der Waals surface area contributed by atoms with Gasteiger partial charge in [-0.2, -0.15) is 5.10 Å². The van der Waals surface area contributed by atoms with Crippen molar-refractivity contribution < 1.29 is 14.1 Å². The Hall–Kier alpha value is -2.70. The van der Waals surface area contributed by atoms with Crippen molar-refractivity contribution in [3.63, 3.8) is 0 Å². The minimum absolute atomic E-state index is 0.0717. The Morgan fingerprint density at radius 2 is 1.97 bits per heavy atom. The van der Waals surface area contributed by atoms with Crippen LogP contribution in [0.2, 0.25) is 5.02 Å². The van der Waals surface area contributed by atoms with Crippen LogP contribution in [0.4, 0.5) is 4.39 Å². The number of quaternary nitrogens is 1. The highest BCUT2D eigenvalue weighted by Crippen LogP contribution is 2.25. The molecule has 1 fully saturated rings. The van der Waals surface area contributed by atoms with Crippen molar-refractivity contribution in [1.29, 1.82) is 0 Å². The first kappa shape index (κ1) is 19.6. The summed E-state index contributed by atoms with van der Waals surface area (Å²) in [6.07, 6.45) is 0. The predicted octanol–water partition coefficient (Wildman–Crippen LogP) is 2.54. The van der Waals surface area contributed by atoms with Gasteiger partial charge in [-0.1, -0.05) is 35.9 Å². The van der Waals surface area contributed by atoms with Gasteiger partial charge in [0.2, 0.25) is 0 Å². The Kier molecular flexibility index (Phi) is 5.39. The molecule has 1 aliphatic heterocycles. The molecule has 0 bridgehead atoms.